The zero-order valence-corrected chi connectivity index (χ0v) is 14.2. The third-order valence-corrected chi connectivity index (χ3v) is 4.70. The fourth-order valence-electron chi connectivity index (χ4n) is 2.28. The Labute approximate surface area is 135 Å². The van der Waals surface area contributed by atoms with Gasteiger partial charge in [-0.05, 0) is 25.6 Å². The van der Waals surface area contributed by atoms with Gasteiger partial charge in [-0.1, -0.05) is 11.6 Å². The lowest BCUT2D eigenvalue weighted by Gasteiger charge is -2.21. The number of likely N-dealkylation sites (N-methyl/N-ethyl adjacent to an activating group) is 2. The highest BCUT2D eigenvalue weighted by molar-refractivity contribution is 7.16. The van der Waals surface area contributed by atoms with Crippen molar-refractivity contribution in [1.29, 1.82) is 0 Å². The summed E-state index contributed by atoms with van der Waals surface area (Å²) in [7, 11) is 3.82. The second-order valence-electron chi connectivity index (χ2n) is 4.97. The zero-order chi connectivity index (χ0) is 13.8. The summed E-state index contributed by atoms with van der Waals surface area (Å²) in [6.07, 6.45) is 1.12. The molecular weight excluding hydrogens is 317 g/mol. The van der Waals surface area contributed by atoms with Gasteiger partial charge in [-0.3, -0.25) is 9.69 Å². The Morgan fingerprint density at radius 2 is 2.35 bits per heavy atom. The molecule has 1 N–H and O–H groups in total. The van der Waals surface area contributed by atoms with Crippen LogP contribution < -0.4 is 5.32 Å². The molecule has 20 heavy (non-hydrogen) atoms. The van der Waals surface area contributed by atoms with Crippen LogP contribution in [-0.4, -0.2) is 55.5 Å². The van der Waals surface area contributed by atoms with E-state index in [-0.39, 0.29) is 18.3 Å². The molecule has 1 aromatic rings. The van der Waals surface area contributed by atoms with Crippen LogP contribution in [0.15, 0.2) is 12.1 Å². The van der Waals surface area contributed by atoms with Gasteiger partial charge >= 0.3 is 0 Å². The number of carbonyl (C=O) groups excluding carboxylic acids is 1. The molecule has 1 amide bonds. The lowest BCUT2D eigenvalue weighted by atomic mass is 10.3. The van der Waals surface area contributed by atoms with Crippen molar-refractivity contribution in [3.63, 3.8) is 0 Å². The first-order chi connectivity index (χ1) is 9.08. The number of hydrogen-bond donors (Lipinski definition) is 1. The molecule has 0 aromatic carbocycles. The maximum absolute atomic E-state index is 12.1. The van der Waals surface area contributed by atoms with Crippen molar-refractivity contribution in [2.24, 2.45) is 0 Å². The Hall–Kier alpha value is -0.330. The SMILES string of the molecule is CNC1CCN(CC(=O)N(C)Cc2ccc(Cl)s2)C1.Cl. The first-order valence-electron chi connectivity index (χ1n) is 6.46. The van der Waals surface area contributed by atoms with Crippen molar-refractivity contribution in [3.8, 4) is 0 Å². The molecule has 0 radical (unpaired) electrons. The van der Waals surface area contributed by atoms with Crippen molar-refractivity contribution in [3.05, 3.63) is 21.3 Å². The van der Waals surface area contributed by atoms with Crippen molar-refractivity contribution in [2.45, 2.75) is 19.0 Å². The average molecular weight is 338 g/mol. The molecule has 2 heterocycles. The maximum Gasteiger partial charge on any atom is 0.236 e. The van der Waals surface area contributed by atoms with Crippen LogP contribution in [0.3, 0.4) is 0 Å². The summed E-state index contributed by atoms with van der Waals surface area (Å²) in [4.78, 5) is 17.2. The van der Waals surface area contributed by atoms with Crippen molar-refractivity contribution in [1.82, 2.24) is 15.1 Å². The number of nitrogens with one attached hydrogen (secondary N) is 1. The normalized spacial score (nSPS) is 18.9. The Balaban J connectivity index is 0.00000200. The van der Waals surface area contributed by atoms with E-state index >= 15 is 0 Å². The van der Waals surface area contributed by atoms with Crippen LogP contribution in [0.5, 0.6) is 0 Å². The molecule has 1 aromatic heterocycles. The van der Waals surface area contributed by atoms with Crippen molar-refractivity contribution < 1.29 is 4.79 Å². The Bertz CT molecular complexity index is 441. The minimum absolute atomic E-state index is 0. The highest BCUT2D eigenvalue weighted by atomic mass is 35.5. The number of carbonyl (C=O) groups is 1. The van der Waals surface area contributed by atoms with Gasteiger partial charge in [-0.2, -0.15) is 0 Å². The van der Waals surface area contributed by atoms with Crippen molar-refractivity contribution >= 4 is 41.3 Å². The van der Waals surface area contributed by atoms with Crippen LogP contribution in [0.2, 0.25) is 4.34 Å². The number of hydrogen-bond acceptors (Lipinski definition) is 4. The van der Waals surface area contributed by atoms with Crippen LogP contribution in [-0.2, 0) is 11.3 Å². The molecule has 0 saturated carbocycles. The Morgan fingerprint density at radius 3 is 2.90 bits per heavy atom. The fourth-order valence-corrected chi connectivity index (χ4v) is 3.42. The van der Waals surface area contributed by atoms with Gasteiger partial charge in [0.05, 0.1) is 17.4 Å². The lowest BCUT2D eigenvalue weighted by Crippen LogP contribution is -2.38. The predicted octanol–water partition coefficient (Wildman–Crippen LogP) is 2.08. The van der Waals surface area contributed by atoms with Crippen LogP contribution in [0.4, 0.5) is 0 Å². The van der Waals surface area contributed by atoms with Gasteiger partial charge < -0.3 is 10.2 Å². The Kier molecular flexibility index (Phi) is 7.26. The molecule has 0 spiro atoms. The zero-order valence-electron chi connectivity index (χ0n) is 11.8. The largest absolute Gasteiger partial charge is 0.340 e. The molecule has 1 unspecified atom stereocenters. The van der Waals surface area contributed by atoms with Crippen LogP contribution in [0.1, 0.15) is 11.3 Å². The van der Waals surface area contributed by atoms with E-state index in [1.54, 1.807) is 4.90 Å². The predicted molar refractivity (Wildman–Crippen MR) is 87.0 cm³/mol. The standard InChI is InChI=1S/C13H20ClN3OS.ClH/c1-15-10-5-6-17(7-10)9-13(18)16(2)8-11-3-4-12(14)19-11;/h3-4,10,15H,5-9H2,1-2H3;1H. The van der Waals surface area contributed by atoms with Gasteiger partial charge in [0.25, 0.3) is 0 Å². The third kappa shape index (κ3) is 4.90. The number of likely N-dealkylation sites (tertiary alicyclic amines) is 1. The third-order valence-electron chi connectivity index (χ3n) is 3.49. The number of halogens is 2. The number of nitrogens with zero attached hydrogens (tertiary/aromatic N) is 2. The topological polar surface area (TPSA) is 35.6 Å². The molecule has 1 fully saturated rings. The number of amides is 1. The first kappa shape index (κ1) is 17.7. The summed E-state index contributed by atoms with van der Waals surface area (Å²) in [5.41, 5.74) is 0. The van der Waals surface area contributed by atoms with E-state index in [1.807, 2.05) is 26.2 Å². The van der Waals surface area contributed by atoms with E-state index in [1.165, 1.54) is 11.3 Å². The molecule has 0 bridgehead atoms. The lowest BCUT2D eigenvalue weighted by molar-refractivity contribution is -0.131. The highest BCUT2D eigenvalue weighted by Gasteiger charge is 2.23. The molecule has 0 aliphatic carbocycles. The van der Waals surface area contributed by atoms with Gasteiger partial charge in [-0.15, -0.1) is 23.7 Å². The molecule has 2 rings (SSSR count). The van der Waals surface area contributed by atoms with Crippen molar-refractivity contribution in [2.75, 3.05) is 33.7 Å². The van der Waals surface area contributed by atoms with E-state index in [2.05, 4.69) is 10.2 Å². The van der Waals surface area contributed by atoms with Gasteiger partial charge in [0.2, 0.25) is 5.91 Å². The average Bonchev–Trinajstić information content (AvgIpc) is 2.98. The quantitative estimate of drug-likeness (QED) is 0.893. The van der Waals surface area contributed by atoms with E-state index in [4.69, 9.17) is 11.6 Å². The Morgan fingerprint density at radius 1 is 1.60 bits per heavy atom. The van der Waals surface area contributed by atoms with E-state index < -0.39 is 0 Å². The maximum atomic E-state index is 12.1. The number of rotatable bonds is 5. The number of thiophene rings is 1. The summed E-state index contributed by atoms with van der Waals surface area (Å²) in [6.45, 7) is 3.10. The minimum atomic E-state index is 0. The van der Waals surface area contributed by atoms with Gasteiger partial charge in [0.1, 0.15) is 0 Å². The van der Waals surface area contributed by atoms with Crippen LogP contribution in [0.25, 0.3) is 0 Å². The van der Waals surface area contributed by atoms with Crippen LogP contribution in [0, 0.1) is 0 Å². The van der Waals surface area contributed by atoms with Crippen LogP contribution >= 0.6 is 35.3 Å². The summed E-state index contributed by atoms with van der Waals surface area (Å²) >= 11 is 7.42. The minimum Gasteiger partial charge on any atom is -0.340 e. The van der Waals surface area contributed by atoms with Gasteiger partial charge in [-0.25, -0.2) is 0 Å². The molecule has 114 valence electrons. The van der Waals surface area contributed by atoms with Gasteiger partial charge in [0.15, 0.2) is 0 Å². The summed E-state index contributed by atoms with van der Waals surface area (Å²) in [6, 6.07) is 4.37. The molecule has 1 aliphatic rings. The van der Waals surface area contributed by atoms with E-state index in [0.29, 0.717) is 19.1 Å². The summed E-state index contributed by atoms with van der Waals surface area (Å²) < 4.78 is 0.771. The second kappa shape index (κ2) is 8.20. The fraction of sp³-hybridized carbons (Fsp3) is 0.615. The second-order valence-corrected chi connectivity index (χ2v) is 6.76. The summed E-state index contributed by atoms with van der Waals surface area (Å²) in [5, 5.41) is 3.26. The molecular formula is C13H21Cl2N3OS. The molecule has 1 atom stereocenters. The smallest absolute Gasteiger partial charge is 0.236 e. The van der Waals surface area contributed by atoms with E-state index in [9.17, 15) is 4.79 Å². The monoisotopic (exact) mass is 337 g/mol. The highest BCUT2D eigenvalue weighted by Crippen LogP contribution is 2.22. The van der Waals surface area contributed by atoms with E-state index in [0.717, 1.165) is 28.7 Å². The molecule has 7 heteroatoms. The molecule has 4 nitrogen and oxygen atoms in total. The van der Waals surface area contributed by atoms with Gasteiger partial charge in [0, 0.05) is 31.1 Å². The first-order valence-corrected chi connectivity index (χ1v) is 7.65. The summed E-state index contributed by atoms with van der Waals surface area (Å²) in [5.74, 6) is 0.168. The molecule has 1 aliphatic heterocycles. The molecule has 1 saturated heterocycles.